The Balaban J connectivity index is 1.58. The number of aliphatic imine (C=N–C) groups is 1. The van der Waals surface area contributed by atoms with E-state index < -0.39 is 0 Å². The Labute approximate surface area is 148 Å². The molecule has 1 fully saturated rings. The number of nitrogens with one attached hydrogen (secondary N) is 3. The molecule has 0 bridgehead atoms. The summed E-state index contributed by atoms with van der Waals surface area (Å²) in [5, 5.41) is 10.7. The Morgan fingerprint density at radius 3 is 2.71 bits per heavy atom. The Bertz CT molecular complexity index is 537. The van der Waals surface area contributed by atoms with Gasteiger partial charge < -0.3 is 16.0 Å². The standard InChI is InChI=1S/C17H29N5OS/c1-13-12-21-16(24-13)9-11-20-17(18-2)19-10-8-15(23)22-14-6-4-3-5-7-14/h12,14H,3-11H2,1-2H3,(H,22,23)(H2,18,19,20). The van der Waals surface area contributed by atoms with Gasteiger partial charge >= 0.3 is 0 Å². The smallest absolute Gasteiger partial charge is 0.221 e. The van der Waals surface area contributed by atoms with Gasteiger partial charge in [0.2, 0.25) is 5.91 Å². The van der Waals surface area contributed by atoms with Crippen molar-refractivity contribution in [1.29, 1.82) is 0 Å². The summed E-state index contributed by atoms with van der Waals surface area (Å²) in [5.74, 6) is 0.858. The summed E-state index contributed by atoms with van der Waals surface area (Å²) in [6.07, 6.45) is 9.27. The molecule has 0 aromatic carbocycles. The number of carbonyl (C=O) groups excluding carboxylic acids is 1. The fourth-order valence-electron chi connectivity index (χ4n) is 2.87. The highest BCUT2D eigenvalue weighted by Crippen LogP contribution is 2.17. The van der Waals surface area contributed by atoms with E-state index >= 15 is 0 Å². The first-order valence-electron chi connectivity index (χ1n) is 8.82. The van der Waals surface area contributed by atoms with Gasteiger partial charge in [0, 0.05) is 50.1 Å². The van der Waals surface area contributed by atoms with E-state index in [9.17, 15) is 4.79 Å². The van der Waals surface area contributed by atoms with Gasteiger partial charge in [-0.15, -0.1) is 11.3 Å². The largest absolute Gasteiger partial charge is 0.356 e. The van der Waals surface area contributed by atoms with Crippen molar-refractivity contribution < 1.29 is 4.79 Å². The molecule has 1 amide bonds. The highest BCUT2D eigenvalue weighted by atomic mass is 32.1. The molecule has 0 radical (unpaired) electrons. The molecule has 24 heavy (non-hydrogen) atoms. The fraction of sp³-hybridized carbons (Fsp3) is 0.706. The van der Waals surface area contributed by atoms with Crippen LogP contribution in [-0.4, -0.2) is 43.0 Å². The molecule has 1 aromatic rings. The van der Waals surface area contributed by atoms with Gasteiger partial charge in [-0.2, -0.15) is 0 Å². The summed E-state index contributed by atoms with van der Waals surface area (Å²) in [6, 6.07) is 0.380. The van der Waals surface area contributed by atoms with Crippen molar-refractivity contribution in [3.63, 3.8) is 0 Å². The lowest BCUT2D eigenvalue weighted by molar-refractivity contribution is -0.121. The Kier molecular flexibility index (Phi) is 8.01. The van der Waals surface area contributed by atoms with Crippen molar-refractivity contribution in [1.82, 2.24) is 20.9 Å². The number of amides is 1. The van der Waals surface area contributed by atoms with E-state index in [2.05, 4.69) is 32.9 Å². The zero-order valence-corrected chi connectivity index (χ0v) is 15.5. The maximum Gasteiger partial charge on any atom is 0.221 e. The molecule has 0 aliphatic heterocycles. The number of aryl methyl sites for hydroxylation is 1. The summed E-state index contributed by atoms with van der Waals surface area (Å²) in [7, 11) is 1.74. The third kappa shape index (κ3) is 6.86. The van der Waals surface area contributed by atoms with Crippen molar-refractivity contribution in [3.8, 4) is 0 Å². The Morgan fingerprint density at radius 2 is 2.04 bits per heavy atom. The van der Waals surface area contributed by atoms with Gasteiger partial charge in [-0.1, -0.05) is 19.3 Å². The molecule has 1 saturated carbocycles. The van der Waals surface area contributed by atoms with Crippen molar-refractivity contribution in [2.45, 2.75) is 57.9 Å². The first-order chi connectivity index (χ1) is 11.7. The minimum absolute atomic E-state index is 0.128. The minimum Gasteiger partial charge on any atom is -0.356 e. The van der Waals surface area contributed by atoms with Crippen LogP contribution in [-0.2, 0) is 11.2 Å². The number of carbonyl (C=O) groups is 1. The zero-order valence-electron chi connectivity index (χ0n) is 14.7. The zero-order chi connectivity index (χ0) is 17.2. The van der Waals surface area contributed by atoms with Crippen LogP contribution < -0.4 is 16.0 Å². The van der Waals surface area contributed by atoms with Crippen LogP contribution in [0.1, 0.15) is 48.4 Å². The van der Waals surface area contributed by atoms with Crippen molar-refractivity contribution >= 4 is 23.2 Å². The highest BCUT2D eigenvalue weighted by molar-refractivity contribution is 7.11. The highest BCUT2D eigenvalue weighted by Gasteiger charge is 2.15. The van der Waals surface area contributed by atoms with E-state index in [0.717, 1.165) is 36.8 Å². The normalized spacial score (nSPS) is 16.0. The molecule has 0 unspecified atom stereocenters. The minimum atomic E-state index is 0.128. The number of guanidine groups is 1. The predicted molar refractivity (Wildman–Crippen MR) is 99.6 cm³/mol. The number of hydrogen-bond acceptors (Lipinski definition) is 4. The van der Waals surface area contributed by atoms with E-state index in [0.29, 0.717) is 19.0 Å². The van der Waals surface area contributed by atoms with Crippen LogP contribution in [0.15, 0.2) is 11.2 Å². The van der Waals surface area contributed by atoms with Gasteiger partial charge in [-0.25, -0.2) is 4.98 Å². The molecule has 134 valence electrons. The van der Waals surface area contributed by atoms with Crippen LogP contribution in [0.4, 0.5) is 0 Å². The molecule has 1 aliphatic carbocycles. The third-order valence-corrected chi connectivity index (χ3v) is 5.11. The first kappa shape index (κ1) is 18.7. The van der Waals surface area contributed by atoms with Gasteiger partial charge in [0.1, 0.15) is 0 Å². The van der Waals surface area contributed by atoms with Crippen molar-refractivity contribution in [2.75, 3.05) is 20.1 Å². The van der Waals surface area contributed by atoms with E-state index in [1.165, 1.54) is 24.1 Å². The first-order valence-corrected chi connectivity index (χ1v) is 9.64. The molecule has 1 aromatic heterocycles. The Morgan fingerprint density at radius 1 is 1.29 bits per heavy atom. The molecule has 1 aliphatic rings. The lowest BCUT2D eigenvalue weighted by Gasteiger charge is -2.22. The second kappa shape index (κ2) is 10.3. The van der Waals surface area contributed by atoms with Crippen LogP contribution in [0.2, 0.25) is 0 Å². The van der Waals surface area contributed by atoms with Gasteiger partial charge in [-0.3, -0.25) is 9.79 Å². The summed E-state index contributed by atoms with van der Waals surface area (Å²) < 4.78 is 0. The van der Waals surface area contributed by atoms with Gasteiger partial charge in [-0.05, 0) is 19.8 Å². The number of rotatable bonds is 7. The number of hydrogen-bond donors (Lipinski definition) is 3. The molecular weight excluding hydrogens is 322 g/mol. The lowest BCUT2D eigenvalue weighted by Crippen LogP contribution is -2.41. The van der Waals surface area contributed by atoms with Crippen molar-refractivity contribution in [2.24, 2.45) is 4.99 Å². The molecule has 0 atom stereocenters. The van der Waals surface area contributed by atoms with Gasteiger partial charge in [0.05, 0.1) is 5.01 Å². The molecule has 7 heteroatoms. The average Bonchev–Trinajstić information content (AvgIpc) is 2.99. The van der Waals surface area contributed by atoms with Crippen LogP contribution in [0, 0.1) is 6.92 Å². The molecule has 6 nitrogen and oxygen atoms in total. The Hall–Kier alpha value is -1.63. The van der Waals surface area contributed by atoms with E-state index in [4.69, 9.17) is 0 Å². The molecule has 2 rings (SSSR count). The van der Waals surface area contributed by atoms with E-state index in [-0.39, 0.29) is 5.91 Å². The summed E-state index contributed by atoms with van der Waals surface area (Å²) in [5.41, 5.74) is 0. The number of aromatic nitrogens is 1. The summed E-state index contributed by atoms with van der Waals surface area (Å²) in [4.78, 5) is 21.7. The topological polar surface area (TPSA) is 78.4 Å². The maximum absolute atomic E-state index is 12.0. The molecule has 1 heterocycles. The lowest BCUT2D eigenvalue weighted by atomic mass is 9.95. The number of thiazole rings is 1. The maximum atomic E-state index is 12.0. The average molecular weight is 352 g/mol. The van der Waals surface area contributed by atoms with Crippen molar-refractivity contribution in [3.05, 3.63) is 16.1 Å². The van der Waals surface area contributed by atoms with Gasteiger partial charge in [0.15, 0.2) is 5.96 Å². The van der Waals surface area contributed by atoms with Gasteiger partial charge in [0.25, 0.3) is 0 Å². The second-order valence-electron chi connectivity index (χ2n) is 6.19. The van der Waals surface area contributed by atoms with Crippen LogP contribution in [0.25, 0.3) is 0 Å². The second-order valence-corrected chi connectivity index (χ2v) is 7.51. The summed E-state index contributed by atoms with van der Waals surface area (Å²) >= 11 is 1.72. The predicted octanol–water partition coefficient (Wildman–Crippen LogP) is 2.00. The van der Waals surface area contributed by atoms with Crippen LogP contribution >= 0.6 is 11.3 Å². The van der Waals surface area contributed by atoms with E-state index in [1.54, 1.807) is 18.4 Å². The molecule has 0 spiro atoms. The molecule has 0 saturated heterocycles. The van der Waals surface area contributed by atoms with E-state index in [1.807, 2.05) is 6.20 Å². The summed E-state index contributed by atoms with van der Waals surface area (Å²) in [6.45, 7) is 3.43. The number of nitrogens with zero attached hydrogens (tertiary/aromatic N) is 2. The third-order valence-electron chi connectivity index (χ3n) is 4.14. The molecule has 3 N–H and O–H groups in total. The van der Waals surface area contributed by atoms with Crippen LogP contribution in [0.5, 0.6) is 0 Å². The quantitative estimate of drug-likeness (QED) is 0.519. The fourth-order valence-corrected chi connectivity index (χ4v) is 3.65. The molecular formula is C17H29N5OS. The van der Waals surface area contributed by atoms with Crippen LogP contribution in [0.3, 0.4) is 0 Å². The monoisotopic (exact) mass is 351 g/mol. The SMILES string of the molecule is CN=C(NCCC(=O)NC1CCCCC1)NCCc1ncc(C)s1.